The van der Waals surface area contributed by atoms with Gasteiger partial charge in [-0.1, -0.05) is 21.1 Å². The third kappa shape index (κ3) is 2.98. The van der Waals surface area contributed by atoms with Gasteiger partial charge >= 0.3 is 11.8 Å². The highest BCUT2D eigenvalue weighted by molar-refractivity contribution is 9.10. The van der Waals surface area contributed by atoms with Gasteiger partial charge < -0.3 is 9.84 Å². The molecule has 0 radical (unpaired) electrons. The van der Waals surface area contributed by atoms with Gasteiger partial charge in [0.15, 0.2) is 0 Å². The minimum absolute atomic E-state index is 0.00690. The number of nitrogens with one attached hydrogen (secondary N) is 1. The van der Waals surface area contributed by atoms with Crippen molar-refractivity contribution in [2.24, 2.45) is 0 Å². The summed E-state index contributed by atoms with van der Waals surface area (Å²) < 4.78 is 19.1. The Morgan fingerprint density at radius 2 is 2.18 bits per heavy atom. The van der Waals surface area contributed by atoms with Gasteiger partial charge in [-0.25, -0.2) is 9.37 Å². The summed E-state index contributed by atoms with van der Waals surface area (Å²) in [5, 5.41) is 5.99. The van der Waals surface area contributed by atoms with Crippen molar-refractivity contribution in [1.82, 2.24) is 20.1 Å². The van der Waals surface area contributed by atoms with Crippen LogP contribution >= 0.6 is 15.9 Å². The zero-order valence-electron chi connectivity index (χ0n) is 10.8. The number of aromatic nitrogens is 4. The molecular formula is C13H7BrFN5O2. The maximum Gasteiger partial charge on any atom is 0.316 e. The fourth-order valence-electron chi connectivity index (χ4n) is 1.60. The maximum absolute atomic E-state index is 13.7. The Bertz CT molecular complexity index is 824. The normalized spacial score (nSPS) is 10.5. The predicted molar refractivity (Wildman–Crippen MR) is 77.4 cm³/mol. The van der Waals surface area contributed by atoms with Gasteiger partial charge in [-0.15, -0.1) is 0 Å². The first-order valence-electron chi connectivity index (χ1n) is 6.00. The van der Waals surface area contributed by atoms with Crippen LogP contribution in [0.25, 0.3) is 11.5 Å². The Morgan fingerprint density at radius 3 is 2.91 bits per heavy atom. The molecule has 0 spiro atoms. The van der Waals surface area contributed by atoms with Gasteiger partial charge in [0.05, 0.1) is 11.9 Å². The summed E-state index contributed by atoms with van der Waals surface area (Å²) >= 11 is 3.13. The fourth-order valence-corrected chi connectivity index (χ4v) is 1.93. The van der Waals surface area contributed by atoms with Crippen molar-refractivity contribution in [3.8, 4) is 11.5 Å². The van der Waals surface area contributed by atoms with Crippen molar-refractivity contribution in [3.63, 3.8) is 0 Å². The standard InChI is InChI=1S/C13H7BrFN5O2/c14-7-1-2-9(8(15)5-7)18-12(21)13-19-11(20-22-13)10-6-16-3-4-17-10/h1-6H,(H,18,21). The molecule has 22 heavy (non-hydrogen) atoms. The van der Waals surface area contributed by atoms with Crippen LogP contribution < -0.4 is 5.32 Å². The molecule has 1 aromatic carbocycles. The second-order valence-corrected chi connectivity index (χ2v) is 5.01. The summed E-state index contributed by atoms with van der Waals surface area (Å²) in [6.45, 7) is 0. The molecule has 7 nitrogen and oxygen atoms in total. The summed E-state index contributed by atoms with van der Waals surface area (Å²) in [5.74, 6) is -1.49. The first-order chi connectivity index (χ1) is 10.6. The largest absolute Gasteiger partial charge is 0.328 e. The molecule has 0 saturated carbocycles. The van der Waals surface area contributed by atoms with E-state index in [1.165, 1.54) is 30.7 Å². The molecular weight excluding hydrogens is 357 g/mol. The molecule has 0 unspecified atom stereocenters. The lowest BCUT2D eigenvalue weighted by molar-refractivity contribution is 0.0981. The molecule has 0 aliphatic heterocycles. The van der Waals surface area contributed by atoms with Gasteiger partial charge in [0.2, 0.25) is 5.82 Å². The lowest BCUT2D eigenvalue weighted by atomic mass is 10.3. The van der Waals surface area contributed by atoms with E-state index in [4.69, 9.17) is 4.52 Å². The number of nitrogens with zero attached hydrogens (tertiary/aromatic N) is 4. The molecule has 0 bridgehead atoms. The molecule has 0 aliphatic rings. The van der Waals surface area contributed by atoms with Crippen LogP contribution in [0.3, 0.4) is 0 Å². The second-order valence-electron chi connectivity index (χ2n) is 4.09. The SMILES string of the molecule is O=C(Nc1ccc(Br)cc1F)c1nc(-c2cnccn2)no1. The van der Waals surface area contributed by atoms with Gasteiger partial charge in [-0.2, -0.15) is 4.98 Å². The predicted octanol–water partition coefficient (Wildman–Crippen LogP) is 2.68. The van der Waals surface area contributed by atoms with Crippen LogP contribution in [-0.4, -0.2) is 26.0 Å². The van der Waals surface area contributed by atoms with E-state index in [-0.39, 0.29) is 17.4 Å². The van der Waals surface area contributed by atoms with Crippen molar-refractivity contribution in [3.05, 3.63) is 53.0 Å². The average molecular weight is 364 g/mol. The number of benzene rings is 1. The van der Waals surface area contributed by atoms with Gasteiger partial charge in [0.1, 0.15) is 11.5 Å². The number of rotatable bonds is 3. The number of carbonyl (C=O) groups excluding carboxylic acids is 1. The van der Waals surface area contributed by atoms with Crippen LogP contribution in [-0.2, 0) is 0 Å². The number of carbonyl (C=O) groups is 1. The minimum Gasteiger partial charge on any atom is -0.328 e. The average Bonchev–Trinajstić information content (AvgIpc) is 3.01. The van der Waals surface area contributed by atoms with E-state index in [0.29, 0.717) is 10.2 Å². The van der Waals surface area contributed by atoms with Crippen molar-refractivity contribution in [2.75, 3.05) is 5.32 Å². The Kier molecular flexibility index (Phi) is 3.88. The molecule has 0 fully saturated rings. The van der Waals surface area contributed by atoms with E-state index in [0.717, 1.165) is 0 Å². The Hall–Kier alpha value is -2.68. The molecule has 0 saturated heterocycles. The lowest BCUT2D eigenvalue weighted by Gasteiger charge is -2.03. The summed E-state index contributed by atoms with van der Waals surface area (Å²) in [6, 6.07) is 4.24. The molecule has 2 heterocycles. The summed E-state index contributed by atoms with van der Waals surface area (Å²) in [4.78, 5) is 23.7. The summed E-state index contributed by atoms with van der Waals surface area (Å²) in [7, 11) is 0. The highest BCUT2D eigenvalue weighted by Gasteiger charge is 2.18. The smallest absolute Gasteiger partial charge is 0.316 e. The van der Waals surface area contributed by atoms with Gasteiger partial charge in [0, 0.05) is 16.9 Å². The van der Waals surface area contributed by atoms with Crippen LogP contribution in [0.4, 0.5) is 10.1 Å². The van der Waals surface area contributed by atoms with Gasteiger partial charge in [0.25, 0.3) is 0 Å². The molecule has 1 amide bonds. The molecule has 110 valence electrons. The molecule has 3 aromatic rings. The number of halogens is 2. The number of amides is 1. The van der Waals surface area contributed by atoms with Crippen molar-refractivity contribution >= 4 is 27.5 Å². The van der Waals surface area contributed by atoms with Crippen molar-refractivity contribution < 1.29 is 13.7 Å². The van der Waals surface area contributed by atoms with E-state index in [2.05, 4.69) is 41.4 Å². The molecule has 9 heteroatoms. The summed E-state index contributed by atoms with van der Waals surface area (Å²) in [5.41, 5.74) is 0.368. The van der Waals surface area contributed by atoms with E-state index in [9.17, 15) is 9.18 Å². The van der Waals surface area contributed by atoms with E-state index < -0.39 is 11.7 Å². The quantitative estimate of drug-likeness (QED) is 0.768. The molecule has 2 aromatic heterocycles. The highest BCUT2D eigenvalue weighted by Crippen LogP contribution is 2.20. The maximum atomic E-state index is 13.7. The molecule has 3 rings (SSSR count). The lowest BCUT2D eigenvalue weighted by Crippen LogP contribution is -2.13. The number of hydrogen-bond acceptors (Lipinski definition) is 6. The first kappa shape index (κ1) is 14.3. The Labute approximate surface area is 131 Å². The summed E-state index contributed by atoms with van der Waals surface area (Å²) in [6.07, 6.45) is 4.39. The second kappa shape index (κ2) is 5.98. The van der Waals surface area contributed by atoms with Crippen molar-refractivity contribution in [1.29, 1.82) is 0 Å². The Balaban J connectivity index is 1.80. The molecule has 0 aliphatic carbocycles. The monoisotopic (exact) mass is 363 g/mol. The third-order valence-corrected chi connectivity index (χ3v) is 3.09. The Morgan fingerprint density at radius 1 is 1.32 bits per heavy atom. The zero-order valence-corrected chi connectivity index (χ0v) is 12.4. The first-order valence-corrected chi connectivity index (χ1v) is 6.79. The van der Waals surface area contributed by atoms with Crippen LogP contribution in [0, 0.1) is 5.82 Å². The fraction of sp³-hybridized carbons (Fsp3) is 0. The minimum atomic E-state index is -0.719. The third-order valence-electron chi connectivity index (χ3n) is 2.59. The topological polar surface area (TPSA) is 93.8 Å². The van der Waals surface area contributed by atoms with Crippen LogP contribution in [0.2, 0.25) is 0 Å². The van der Waals surface area contributed by atoms with E-state index in [1.54, 1.807) is 6.07 Å². The van der Waals surface area contributed by atoms with E-state index in [1.807, 2.05) is 0 Å². The van der Waals surface area contributed by atoms with Gasteiger partial charge in [-0.05, 0) is 18.2 Å². The number of hydrogen-bond donors (Lipinski definition) is 1. The van der Waals surface area contributed by atoms with Gasteiger partial charge in [-0.3, -0.25) is 9.78 Å². The van der Waals surface area contributed by atoms with E-state index >= 15 is 0 Å². The van der Waals surface area contributed by atoms with Crippen molar-refractivity contribution in [2.45, 2.75) is 0 Å². The highest BCUT2D eigenvalue weighted by atomic mass is 79.9. The van der Waals surface area contributed by atoms with Crippen LogP contribution in [0.1, 0.15) is 10.7 Å². The molecule has 0 atom stereocenters. The zero-order chi connectivity index (χ0) is 15.5. The molecule has 1 N–H and O–H groups in total. The number of anilines is 1. The van der Waals surface area contributed by atoms with Crippen LogP contribution in [0.15, 0.2) is 45.8 Å². The van der Waals surface area contributed by atoms with Crippen LogP contribution in [0.5, 0.6) is 0 Å².